The van der Waals surface area contributed by atoms with E-state index in [1.54, 1.807) is 0 Å². The van der Waals surface area contributed by atoms with Gasteiger partial charge in [0.05, 0.1) is 0 Å². The van der Waals surface area contributed by atoms with Crippen molar-refractivity contribution in [2.24, 2.45) is 0 Å². The van der Waals surface area contributed by atoms with Crippen LogP contribution in [0.3, 0.4) is 0 Å². The molecule has 0 saturated heterocycles. The fourth-order valence-corrected chi connectivity index (χ4v) is 14.2. The van der Waals surface area contributed by atoms with E-state index < -0.39 is 0 Å². The van der Waals surface area contributed by atoms with Gasteiger partial charge in [-0.25, -0.2) is 0 Å². The third-order valence-electron chi connectivity index (χ3n) is 18.5. The molecule has 0 aliphatic carbocycles. The summed E-state index contributed by atoms with van der Waals surface area (Å²) in [6.45, 7) is 0. The van der Waals surface area contributed by atoms with Crippen molar-refractivity contribution < 1.29 is 0 Å². The Hall–Kier alpha value is -12.1. The van der Waals surface area contributed by atoms with Crippen LogP contribution in [0.1, 0.15) is 0 Å². The molecular weight excluding hydrogens is 1110 g/mol. The number of para-hydroxylation sites is 4. The molecule has 17 aromatic rings. The third-order valence-corrected chi connectivity index (χ3v) is 18.5. The summed E-state index contributed by atoms with van der Waals surface area (Å²) in [7, 11) is 0. The SMILES string of the molecule is c1ccc(-c2cc(-c3c4ccc(N(c5ccccc5)c5ccccc5)cc4c(-c4ccc5ccccc5c4)c4ccc(N(c5ccccc5)c5ccccc5)cc34)cc(-c3cccc4c(-c5ccc6ccccc6c5)ccc(-c5ccc6ccccc6c5)c34)c2)cc1. The average molecular weight is 1170 g/mol. The van der Waals surface area contributed by atoms with Gasteiger partial charge in [-0.15, -0.1) is 0 Å². The molecule has 0 N–H and O–H groups in total. The van der Waals surface area contributed by atoms with Crippen molar-refractivity contribution in [3.63, 3.8) is 0 Å². The maximum atomic E-state index is 2.49. The highest BCUT2D eigenvalue weighted by Crippen LogP contribution is 2.51. The Balaban J connectivity index is 0.999. The Kier molecular flexibility index (Phi) is 13.6. The van der Waals surface area contributed by atoms with E-state index in [1.165, 1.54) is 70.9 Å². The first kappa shape index (κ1) is 54.1. The van der Waals surface area contributed by atoms with Gasteiger partial charge in [0.25, 0.3) is 0 Å². The summed E-state index contributed by atoms with van der Waals surface area (Å²) < 4.78 is 0. The molecule has 0 amide bonds. The zero-order valence-corrected chi connectivity index (χ0v) is 50.5. The first-order valence-corrected chi connectivity index (χ1v) is 31.7. The summed E-state index contributed by atoms with van der Waals surface area (Å²) in [6.07, 6.45) is 0. The first-order valence-electron chi connectivity index (χ1n) is 31.7. The minimum absolute atomic E-state index is 1.06. The lowest BCUT2D eigenvalue weighted by Gasteiger charge is -2.28. The summed E-state index contributed by atoms with van der Waals surface area (Å²) in [4.78, 5) is 4.79. The van der Waals surface area contributed by atoms with Crippen LogP contribution in [0.15, 0.2) is 364 Å². The monoisotopic (exact) mass is 1170 g/mol. The molecule has 0 radical (unpaired) electrons. The van der Waals surface area contributed by atoms with Crippen molar-refractivity contribution in [3.05, 3.63) is 364 Å². The molecule has 0 aliphatic rings. The van der Waals surface area contributed by atoms with Crippen LogP contribution in [0.5, 0.6) is 0 Å². The second-order valence-corrected chi connectivity index (χ2v) is 24.0. The molecule has 0 unspecified atom stereocenters. The zero-order chi connectivity index (χ0) is 60.9. The summed E-state index contributed by atoms with van der Waals surface area (Å²) in [5.74, 6) is 0. The van der Waals surface area contributed by atoms with Gasteiger partial charge >= 0.3 is 0 Å². The standard InChI is InChI=1S/C90H60N2/c1-6-23-61(24-7-1)71-56-72(81-39-22-40-83-80(68-44-41-62-25-16-19-28-65(62)53-68)51-52-82(90(81)83)69-45-42-63-26-17-20-29-66(63)54-69)58-73(57-71)89-85-50-48-78(91(74-31-8-2-9-32-74)75-33-10-3-11-34-75)59-86(85)88(70-46-43-64-27-18-21-30-67(64)55-70)84-49-47-79(60-87(84)89)92(76-35-12-4-13-36-76)77-37-14-5-15-38-77/h1-60H. The lowest BCUT2D eigenvalue weighted by molar-refractivity contribution is 1.29. The van der Waals surface area contributed by atoms with E-state index in [2.05, 4.69) is 374 Å². The zero-order valence-electron chi connectivity index (χ0n) is 50.5. The van der Waals surface area contributed by atoms with E-state index in [0.717, 1.165) is 94.6 Å². The van der Waals surface area contributed by atoms with Crippen molar-refractivity contribution in [2.75, 3.05) is 9.80 Å². The van der Waals surface area contributed by atoms with E-state index in [1.807, 2.05) is 0 Å². The molecule has 0 fully saturated rings. The maximum absolute atomic E-state index is 2.49. The van der Waals surface area contributed by atoms with Crippen LogP contribution >= 0.6 is 0 Å². The Morgan fingerprint density at radius 3 is 1.01 bits per heavy atom. The third kappa shape index (κ3) is 9.79. The molecule has 0 atom stereocenters. The Labute approximate surface area is 536 Å². The molecule has 430 valence electrons. The molecule has 0 bridgehead atoms. The summed E-state index contributed by atoms with van der Waals surface area (Å²) >= 11 is 0. The van der Waals surface area contributed by atoms with Gasteiger partial charge in [0, 0.05) is 34.1 Å². The average Bonchev–Trinajstić information content (AvgIpc) is 0.735. The van der Waals surface area contributed by atoms with Gasteiger partial charge in [-0.1, -0.05) is 255 Å². The number of hydrogen-bond donors (Lipinski definition) is 0. The van der Waals surface area contributed by atoms with Crippen LogP contribution < -0.4 is 9.80 Å². The van der Waals surface area contributed by atoms with Crippen LogP contribution in [-0.2, 0) is 0 Å². The second-order valence-electron chi connectivity index (χ2n) is 24.0. The van der Waals surface area contributed by atoms with Crippen LogP contribution in [-0.4, -0.2) is 0 Å². The highest BCUT2D eigenvalue weighted by molar-refractivity contribution is 6.24. The molecule has 0 aliphatic heterocycles. The van der Waals surface area contributed by atoms with E-state index in [0.29, 0.717) is 0 Å². The van der Waals surface area contributed by atoms with E-state index in [-0.39, 0.29) is 0 Å². The molecule has 0 aromatic heterocycles. The normalized spacial score (nSPS) is 11.5. The van der Waals surface area contributed by atoms with Gasteiger partial charge in [0.15, 0.2) is 0 Å². The Morgan fingerprint density at radius 1 is 0.152 bits per heavy atom. The van der Waals surface area contributed by atoms with Crippen molar-refractivity contribution in [2.45, 2.75) is 0 Å². The largest absolute Gasteiger partial charge is 0.310 e. The van der Waals surface area contributed by atoms with E-state index >= 15 is 0 Å². The topological polar surface area (TPSA) is 6.48 Å². The highest BCUT2D eigenvalue weighted by atomic mass is 15.1. The molecule has 17 rings (SSSR count). The van der Waals surface area contributed by atoms with Crippen LogP contribution in [0.2, 0.25) is 0 Å². The lowest BCUT2D eigenvalue weighted by Crippen LogP contribution is -2.10. The van der Waals surface area contributed by atoms with E-state index in [9.17, 15) is 0 Å². The number of hydrogen-bond acceptors (Lipinski definition) is 2. The predicted molar refractivity (Wildman–Crippen MR) is 393 cm³/mol. The van der Waals surface area contributed by atoms with Gasteiger partial charge in [-0.2, -0.15) is 0 Å². The van der Waals surface area contributed by atoms with Crippen LogP contribution in [0.4, 0.5) is 34.1 Å². The second kappa shape index (κ2) is 23.1. The molecule has 0 heterocycles. The minimum Gasteiger partial charge on any atom is -0.310 e. The summed E-state index contributed by atoms with van der Waals surface area (Å²) in [6, 6.07) is 135. The van der Waals surface area contributed by atoms with Crippen molar-refractivity contribution in [3.8, 4) is 66.8 Å². The fraction of sp³-hybridized carbons (Fsp3) is 0. The van der Waals surface area contributed by atoms with E-state index in [4.69, 9.17) is 0 Å². The van der Waals surface area contributed by atoms with Crippen LogP contribution in [0.25, 0.3) is 131 Å². The first-order chi connectivity index (χ1) is 45.6. The smallest absolute Gasteiger partial charge is 0.0468 e. The fourth-order valence-electron chi connectivity index (χ4n) is 14.2. The van der Waals surface area contributed by atoms with Gasteiger partial charge < -0.3 is 9.80 Å². The molecule has 2 nitrogen and oxygen atoms in total. The number of anilines is 6. The molecule has 2 heteroatoms. The number of fused-ring (bicyclic) bond motifs is 6. The quantitative estimate of drug-likeness (QED) is 0.113. The Morgan fingerprint density at radius 2 is 0.522 bits per heavy atom. The summed E-state index contributed by atoms with van der Waals surface area (Å²) in [5, 5.41) is 14.3. The minimum atomic E-state index is 1.06. The van der Waals surface area contributed by atoms with Gasteiger partial charge in [0.2, 0.25) is 0 Å². The number of benzene rings is 17. The van der Waals surface area contributed by atoms with Crippen LogP contribution in [0, 0.1) is 0 Å². The molecule has 17 aromatic carbocycles. The number of rotatable bonds is 12. The summed E-state index contributed by atoms with van der Waals surface area (Å²) in [5.41, 5.74) is 20.4. The molecule has 0 spiro atoms. The maximum Gasteiger partial charge on any atom is 0.0468 e. The van der Waals surface area contributed by atoms with Gasteiger partial charge in [0.1, 0.15) is 0 Å². The Bertz CT molecular complexity index is 5550. The number of nitrogens with zero attached hydrogens (tertiary/aromatic N) is 2. The lowest BCUT2D eigenvalue weighted by atomic mass is 9.82. The molecule has 0 saturated carbocycles. The molecular formula is C90H60N2. The highest BCUT2D eigenvalue weighted by Gasteiger charge is 2.25. The van der Waals surface area contributed by atoms with Crippen molar-refractivity contribution in [1.82, 2.24) is 0 Å². The van der Waals surface area contributed by atoms with Crippen molar-refractivity contribution in [1.29, 1.82) is 0 Å². The predicted octanol–water partition coefficient (Wildman–Crippen LogP) is 25.5. The van der Waals surface area contributed by atoms with Crippen molar-refractivity contribution >= 4 is 98.8 Å². The van der Waals surface area contributed by atoms with Gasteiger partial charge in [-0.05, 0) is 241 Å². The van der Waals surface area contributed by atoms with Gasteiger partial charge in [-0.3, -0.25) is 0 Å². The molecule has 92 heavy (non-hydrogen) atoms.